The van der Waals surface area contributed by atoms with Gasteiger partial charge in [-0.2, -0.15) is 0 Å². The summed E-state index contributed by atoms with van der Waals surface area (Å²) in [6, 6.07) is 6.99. The Hall–Kier alpha value is -2.41. The average molecular weight is 277 g/mol. The van der Waals surface area contributed by atoms with Gasteiger partial charge in [-0.3, -0.25) is 14.9 Å². The van der Waals surface area contributed by atoms with Crippen LogP contribution in [-0.4, -0.2) is 27.7 Å². The van der Waals surface area contributed by atoms with Crippen LogP contribution in [0.3, 0.4) is 0 Å². The van der Waals surface area contributed by atoms with E-state index in [1.165, 1.54) is 11.6 Å². The first kappa shape index (κ1) is 14.0. The number of pyridine rings is 1. The number of anilines is 1. The number of rotatable bonds is 5. The summed E-state index contributed by atoms with van der Waals surface area (Å²) in [7, 11) is 1.51. The monoisotopic (exact) mass is 277 g/mol. The number of fused-ring (bicyclic) bond motifs is 1. The van der Waals surface area contributed by atoms with Gasteiger partial charge in [0.15, 0.2) is 0 Å². The number of aryl methyl sites for hydroxylation is 1. The second-order valence-corrected chi connectivity index (χ2v) is 4.37. The van der Waals surface area contributed by atoms with E-state index in [0.29, 0.717) is 23.9 Å². The largest absolute Gasteiger partial charge is 0.396 e. The van der Waals surface area contributed by atoms with E-state index < -0.39 is 16.2 Å². The van der Waals surface area contributed by atoms with Gasteiger partial charge in [0, 0.05) is 25.6 Å². The Bertz CT molecular complexity index is 709. The quantitative estimate of drug-likeness (QED) is 0.487. The van der Waals surface area contributed by atoms with Crippen molar-refractivity contribution in [2.45, 2.75) is 6.42 Å². The van der Waals surface area contributed by atoms with Gasteiger partial charge in [-0.15, -0.1) is 0 Å². The van der Waals surface area contributed by atoms with Crippen LogP contribution in [0.4, 0.5) is 11.4 Å². The van der Waals surface area contributed by atoms with Gasteiger partial charge < -0.3 is 15.0 Å². The Kier molecular flexibility index (Phi) is 3.99. The third-order valence-electron chi connectivity index (χ3n) is 3.10. The van der Waals surface area contributed by atoms with Crippen molar-refractivity contribution in [3.63, 3.8) is 0 Å². The summed E-state index contributed by atoms with van der Waals surface area (Å²) in [5.74, 6) is 0. The van der Waals surface area contributed by atoms with Crippen LogP contribution in [0.1, 0.15) is 6.42 Å². The maximum atomic E-state index is 12.1. The first-order valence-electron chi connectivity index (χ1n) is 6.18. The van der Waals surface area contributed by atoms with Crippen LogP contribution in [-0.2, 0) is 7.05 Å². The molecule has 0 radical (unpaired) electrons. The summed E-state index contributed by atoms with van der Waals surface area (Å²) < 4.78 is 1.27. The third kappa shape index (κ3) is 2.35. The highest BCUT2D eigenvalue weighted by atomic mass is 16.6. The van der Waals surface area contributed by atoms with Crippen molar-refractivity contribution < 1.29 is 10.0 Å². The number of aliphatic hydroxyl groups excluding tert-OH is 1. The summed E-state index contributed by atoms with van der Waals surface area (Å²) in [5, 5.41) is 23.5. The molecular weight excluding hydrogens is 262 g/mol. The van der Waals surface area contributed by atoms with Crippen molar-refractivity contribution in [3.8, 4) is 0 Å². The first-order valence-corrected chi connectivity index (χ1v) is 6.18. The highest BCUT2D eigenvalue weighted by Gasteiger charge is 2.24. The Morgan fingerprint density at radius 2 is 2.10 bits per heavy atom. The van der Waals surface area contributed by atoms with Gasteiger partial charge in [0.2, 0.25) is 0 Å². The van der Waals surface area contributed by atoms with E-state index in [2.05, 4.69) is 5.32 Å². The van der Waals surface area contributed by atoms with E-state index in [-0.39, 0.29) is 12.3 Å². The minimum Gasteiger partial charge on any atom is -0.396 e. The number of nitro groups is 1. The molecule has 0 aliphatic rings. The standard InChI is InChI=1S/C13H15N3O4/c1-15-10-6-3-2-5-9(10)11(14-7-4-8-17)12(13(15)18)16(19)20/h2-3,5-6,14,17H,4,7-8H2,1H3. The summed E-state index contributed by atoms with van der Waals surface area (Å²) in [6.07, 6.45) is 0.445. The van der Waals surface area contributed by atoms with Crippen LogP contribution >= 0.6 is 0 Å². The molecule has 7 heteroatoms. The average Bonchev–Trinajstić information content (AvgIpc) is 2.44. The number of benzene rings is 1. The molecule has 0 unspecified atom stereocenters. The Morgan fingerprint density at radius 3 is 2.75 bits per heavy atom. The van der Waals surface area contributed by atoms with Gasteiger partial charge in [0.05, 0.1) is 10.4 Å². The molecule has 0 amide bonds. The van der Waals surface area contributed by atoms with Crippen molar-refractivity contribution >= 4 is 22.3 Å². The molecule has 0 aliphatic carbocycles. The lowest BCUT2D eigenvalue weighted by atomic mass is 10.1. The lowest BCUT2D eigenvalue weighted by molar-refractivity contribution is -0.385. The second kappa shape index (κ2) is 5.70. The minimum atomic E-state index is -0.671. The summed E-state index contributed by atoms with van der Waals surface area (Å²) in [4.78, 5) is 22.6. The number of para-hydroxylation sites is 1. The van der Waals surface area contributed by atoms with E-state index in [0.717, 1.165) is 0 Å². The van der Waals surface area contributed by atoms with Crippen LogP contribution in [0.15, 0.2) is 29.1 Å². The topological polar surface area (TPSA) is 97.4 Å². The number of aromatic nitrogens is 1. The maximum Gasteiger partial charge on any atom is 0.357 e. The molecule has 0 fully saturated rings. The minimum absolute atomic E-state index is 0.0242. The predicted molar refractivity (Wildman–Crippen MR) is 76.0 cm³/mol. The predicted octanol–water partition coefficient (Wildman–Crippen LogP) is 1.24. The molecule has 7 nitrogen and oxygen atoms in total. The molecule has 2 N–H and O–H groups in total. The molecule has 20 heavy (non-hydrogen) atoms. The first-order chi connectivity index (χ1) is 9.57. The Balaban J connectivity index is 2.72. The maximum absolute atomic E-state index is 12.1. The lowest BCUT2D eigenvalue weighted by Gasteiger charge is -2.12. The van der Waals surface area contributed by atoms with Gasteiger partial charge in [0.1, 0.15) is 5.69 Å². The lowest BCUT2D eigenvalue weighted by Crippen LogP contribution is -2.22. The molecule has 2 rings (SSSR count). The van der Waals surface area contributed by atoms with E-state index in [1.54, 1.807) is 24.3 Å². The molecule has 0 bridgehead atoms. The molecular formula is C13H15N3O4. The number of hydrogen-bond donors (Lipinski definition) is 2. The van der Waals surface area contributed by atoms with Crippen molar-refractivity contribution in [2.75, 3.05) is 18.5 Å². The Labute approximate surface area is 114 Å². The smallest absolute Gasteiger partial charge is 0.357 e. The van der Waals surface area contributed by atoms with E-state index >= 15 is 0 Å². The summed E-state index contributed by atoms with van der Waals surface area (Å²) in [5.41, 5.74) is -0.291. The zero-order valence-corrected chi connectivity index (χ0v) is 11.0. The van der Waals surface area contributed by atoms with E-state index in [4.69, 9.17) is 5.11 Å². The molecule has 106 valence electrons. The number of aliphatic hydroxyl groups is 1. The van der Waals surface area contributed by atoms with Crippen LogP contribution in [0.5, 0.6) is 0 Å². The van der Waals surface area contributed by atoms with Gasteiger partial charge in [-0.05, 0) is 12.5 Å². The van der Waals surface area contributed by atoms with Crippen molar-refractivity contribution in [3.05, 3.63) is 44.7 Å². The van der Waals surface area contributed by atoms with Crippen molar-refractivity contribution in [1.82, 2.24) is 4.57 Å². The van der Waals surface area contributed by atoms with Gasteiger partial charge in [-0.25, -0.2) is 0 Å². The second-order valence-electron chi connectivity index (χ2n) is 4.37. The highest BCUT2D eigenvalue weighted by Crippen LogP contribution is 2.29. The molecule has 1 aromatic carbocycles. The summed E-state index contributed by atoms with van der Waals surface area (Å²) in [6.45, 7) is 0.331. The van der Waals surface area contributed by atoms with Gasteiger partial charge in [-0.1, -0.05) is 18.2 Å². The van der Waals surface area contributed by atoms with Crippen LogP contribution in [0, 0.1) is 10.1 Å². The summed E-state index contributed by atoms with van der Waals surface area (Å²) >= 11 is 0. The van der Waals surface area contributed by atoms with E-state index in [1.807, 2.05) is 0 Å². The molecule has 0 saturated carbocycles. The zero-order valence-electron chi connectivity index (χ0n) is 11.0. The van der Waals surface area contributed by atoms with Crippen LogP contribution in [0.25, 0.3) is 10.9 Å². The zero-order chi connectivity index (χ0) is 14.7. The molecule has 0 atom stereocenters. The molecule has 0 aliphatic heterocycles. The highest BCUT2D eigenvalue weighted by molar-refractivity contribution is 5.96. The van der Waals surface area contributed by atoms with Crippen molar-refractivity contribution in [2.24, 2.45) is 7.05 Å². The van der Waals surface area contributed by atoms with Crippen molar-refractivity contribution in [1.29, 1.82) is 0 Å². The van der Waals surface area contributed by atoms with Gasteiger partial charge in [0.25, 0.3) is 0 Å². The van der Waals surface area contributed by atoms with Gasteiger partial charge >= 0.3 is 11.2 Å². The molecule has 1 aromatic heterocycles. The molecule has 0 saturated heterocycles. The molecule has 2 aromatic rings. The van der Waals surface area contributed by atoms with Crippen LogP contribution < -0.4 is 10.9 Å². The third-order valence-corrected chi connectivity index (χ3v) is 3.10. The number of hydrogen-bond acceptors (Lipinski definition) is 5. The van der Waals surface area contributed by atoms with E-state index in [9.17, 15) is 14.9 Å². The molecule has 0 spiro atoms. The van der Waals surface area contributed by atoms with Crippen LogP contribution in [0.2, 0.25) is 0 Å². The number of nitrogens with zero attached hydrogens (tertiary/aromatic N) is 2. The molecule has 1 heterocycles. The fraction of sp³-hybridized carbons (Fsp3) is 0.308. The Morgan fingerprint density at radius 1 is 1.40 bits per heavy atom. The normalized spacial score (nSPS) is 10.7. The SMILES string of the molecule is Cn1c(=O)c([N+](=O)[O-])c(NCCCO)c2ccccc21. The fourth-order valence-corrected chi connectivity index (χ4v) is 2.12. The number of nitrogens with one attached hydrogen (secondary N) is 1. The fourth-order valence-electron chi connectivity index (χ4n) is 2.12.